The van der Waals surface area contributed by atoms with Gasteiger partial charge in [0, 0.05) is 32.2 Å². The van der Waals surface area contributed by atoms with E-state index in [2.05, 4.69) is 15.6 Å². The van der Waals surface area contributed by atoms with Crippen LogP contribution in [0.5, 0.6) is 0 Å². The summed E-state index contributed by atoms with van der Waals surface area (Å²) in [5, 5.41) is 16.6. The van der Waals surface area contributed by atoms with Crippen LogP contribution in [0, 0.1) is 0 Å². The fourth-order valence-corrected chi connectivity index (χ4v) is 4.30. The molecule has 0 saturated heterocycles. The van der Waals surface area contributed by atoms with Crippen molar-refractivity contribution in [1.29, 1.82) is 0 Å². The summed E-state index contributed by atoms with van der Waals surface area (Å²) in [4.78, 5) is 21.1. The number of hydrogen-bond acceptors (Lipinski definition) is 6. The van der Waals surface area contributed by atoms with Crippen LogP contribution in [0.25, 0.3) is 10.2 Å². The van der Waals surface area contributed by atoms with Gasteiger partial charge in [0.15, 0.2) is 5.96 Å². The van der Waals surface area contributed by atoms with E-state index >= 15 is 0 Å². The van der Waals surface area contributed by atoms with Crippen molar-refractivity contribution < 1.29 is 14.6 Å². The molecule has 1 amide bonds. The fourth-order valence-electron chi connectivity index (χ4n) is 3.13. The molecule has 2 aromatic rings. The van der Waals surface area contributed by atoms with Gasteiger partial charge >= 0.3 is 6.09 Å². The summed E-state index contributed by atoms with van der Waals surface area (Å²) in [7, 11) is 1.62. The van der Waals surface area contributed by atoms with Gasteiger partial charge in [-0.25, -0.2) is 9.78 Å². The molecule has 9 heteroatoms. The van der Waals surface area contributed by atoms with Crippen LogP contribution in [0.4, 0.5) is 4.79 Å². The van der Waals surface area contributed by atoms with Crippen LogP contribution in [0.1, 0.15) is 51.0 Å². The Kier molecular flexibility index (Phi) is 8.86. The number of benzene rings is 1. The van der Waals surface area contributed by atoms with Crippen molar-refractivity contribution in [3.63, 3.8) is 0 Å². The lowest BCUT2D eigenvalue weighted by Gasteiger charge is -2.28. The number of ether oxygens (including phenoxy) is 1. The van der Waals surface area contributed by atoms with Gasteiger partial charge in [0.05, 0.1) is 15.2 Å². The molecule has 1 aromatic heterocycles. The molecule has 5 N–H and O–H groups in total. The summed E-state index contributed by atoms with van der Waals surface area (Å²) < 4.78 is 6.55. The van der Waals surface area contributed by atoms with Crippen LogP contribution in [-0.2, 0) is 4.74 Å². The number of rotatable bonds is 9. The molecule has 0 aliphatic rings. The quantitative estimate of drug-likeness (QED) is 0.273. The van der Waals surface area contributed by atoms with E-state index in [-0.39, 0.29) is 18.6 Å². The number of amides is 1. The highest BCUT2D eigenvalue weighted by Gasteiger charge is 2.29. The lowest BCUT2D eigenvalue weighted by atomic mass is 9.93. The molecule has 166 valence electrons. The number of nitrogens with one attached hydrogen (secondary N) is 2. The summed E-state index contributed by atoms with van der Waals surface area (Å²) in [6.45, 7) is 6.12. The van der Waals surface area contributed by atoms with Crippen molar-refractivity contribution >= 4 is 33.6 Å². The maximum absolute atomic E-state index is 12.5. The first-order valence-electron chi connectivity index (χ1n) is 10.2. The number of para-hydroxylation sites is 1. The number of fused-ring (bicyclic) bond motifs is 1. The smallest absolute Gasteiger partial charge is 0.407 e. The van der Waals surface area contributed by atoms with Gasteiger partial charge in [-0.15, -0.1) is 11.3 Å². The minimum Gasteiger partial charge on any atom is -0.444 e. The van der Waals surface area contributed by atoms with Crippen LogP contribution >= 0.6 is 11.3 Å². The number of nitrogens with two attached hydrogens (primary N) is 1. The van der Waals surface area contributed by atoms with Crippen molar-refractivity contribution in [2.75, 3.05) is 20.2 Å². The fraction of sp³-hybridized carbons (Fsp3) is 0.571. The molecule has 2 atom stereocenters. The van der Waals surface area contributed by atoms with E-state index in [0.717, 1.165) is 21.6 Å². The van der Waals surface area contributed by atoms with Gasteiger partial charge in [-0.05, 0) is 52.2 Å². The third-order valence-corrected chi connectivity index (χ3v) is 5.66. The van der Waals surface area contributed by atoms with Crippen molar-refractivity contribution in [1.82, 2.24) is 15.6 Å². The molecule has 0 saturated carbocycles. The highest BCUT2D eigenvalue weighted by molar-refractivity contribution is 7.18. The number of thiazole rings is 1. The van der Waals surface area contributed by atoms with E-state index in [1.54, 1.807) is 18.4 Å². The summed E-state index contributed by atoms with van der Waals surface area (Å²) in [5.74, 6) is 0.252. The Morgan fingerprint density at radius 3 is 2.70 bits per heavy atom. The number of aliphatic imine (C=N–C) groups is 1. The van der Waals surface area contributed by atoms with Crippen molar-refractivity contribution in [3.8, 4) is 0 Å². The molecule has 1 aromatic carbocycles. The van der Waals surface area contributed by atoms with Gasteiger partial charge in [-0.3, -0.25) is 4.99 Å². The number of aromatic nitrogens is 1. The van der Waals surface area contributed by atoms with E-state index in [9.17, 15) is 9.90 Å². The summed E-state index contributed by atoms with van der Waals surface area (Å²) in [5.41, 5.74) is 6.02. The average molecular weight is 436 g/mol. The first-order chi connectivity index (χ1) is 14.2. The van der Waals surface area contributed by atoms with E-state index in [1.807, 2.05) is 45.0 Å². The Balaban J connectivity index is 2.21. The zero-order chi connectivity index (χ0) is 22.1. The predicted molar refractivity (Wildman–Crippen MR) is 122 cm³/mol. The summed E-state index contributed by atoms with van der Waals surface area (Å²) in [6, 6.07) is 7.69. The SMILES string of the molecule is CN=C(N)NCCCC(NC(=O)OC(C)(C)C)C(CCO)c1nc2ccccc2s1. The molecule has 1 heterocycles. The molecule has 0 radical (unpaired) electrons. The van der Waals surface area contributed by atoms with Gasteiger partial charge in [-0.1, -0.05) is 12.1 Å². The number of aliphatic hydroxyl groups is 1. The van der Waals surface area contributed by atoms with Gasteiger partial charge < -0.3 is 26.2 Å². The van der Waals surface area contributed by atoms with Crippen molar-refractivity contribution in [2.24, 2.45) is 10.7 Å². The molecular formula is C21H33N5O3S. The number of aliphatic hydroxyl groups excluding tert-OH is 1. The Hall–Kier alpha value is -2.39. The average Bonchev–Trinajstić information content (AvgIpc) is 3.10. The highest BCUT2D eigenvalue weighted by atomic mass is 32.1. The number of guanidine groups is 1. The number of carbonyl (C=O) groups is 1. The van der Waals surface area contributed by atoms with Crippen LogP contribution in [0.3, 0.4) is 0 Å². The van der Waals surface area contributed by atoms with Gasteiger partial charge in [0.1, 0.15) is 5.60 Å². The number of hydrogen-bond donors (Lipinski definition) is 4. The Morgan fingerprint density at radius 2 is 2.07 bits per heavy atom. The monoisotopic (exact) mass is 435 g/mol. The molecule has 2 unspecified atom stereocenters. The third kappa shape index (κ3) is 7.46. The molecule has 2 rings (SSSR count). The molecule has 8 nitrogen and oxygen atoms in total. The molecule has 0 bridgehead atoms. The molecule has 0 spiro atoms. The summed E-state index contributed by atoms with van der Waals surface area (Å²) >= 11 is 1.59. The second-order valence-electron chi connectivity index (χ2n) is 8.07. The minimum absolute atomic E-state index is 0.000775. The van der Waals surface area contributed by atoms with Crippen LogP contribution in [0.2, 0.25) is 0 Å². The van der Waals surface area contributed by atoms with E-state index < -0.39 is 11.7 Å². The second kappa shape index (κ2) is 11.1. The maximum Gasteiger partial charge on any atom is 0.407 e. The molecule has 0 aliphatic heterocycles. The largest absolute Gasteiger partial charge is 0.444 e. The first kappa shape index (κ1) is 23.9. The molecule has 30 heavy (non-hydrogen) atoms. The van der Waals surface area contributed by atoms with Crippen LogP contribution < -0.4 is 16.4 Å². The van der Waals surface area contributed by atoms with Crippen molar-refractivity contribution in [2.45, 2.75) is 57.6 Å². The second-order valence-corrected chi connectivity index (χ2v) is 9.13. The number of nitrogens with zero attached hydrogens (tertiary/aromatic N) is 2. The number of carbonyl (C=O) groups excluding carboxylic acids is 1. The predicted octanol–water partition coefficient (Wildman–Crippen LogP) is 2.97. The molecule has 0 aliphatic carbocycles. The standard InChI is InChI=1S/C21H33N5O3S/c1-21(2,3)29-20(28)26-15(9-7-12-24-19(22)23-4)14(11-13-27)18-25-16-8-5-6-10-17(16)30-18/h5-6,8,10,14-15,27H,7,9,11-13H2,1-4H3,(H,26,28)(H3,22,23,24). The zero-order valence-corrected chi connectivity index (χ0v) is 19.0. The lowest BCUT2D eigenvalue weighted by molar-refractivity contribution is 0.0489. The third-order valence-electron chi connectivity index (χ3n) is 4.49. The van der Waals surface area contributed by atoms with E-state index in [0.29, 0.717) is 25.3 Å². The molecule has 0 fully saturated rings. The number of alkyl carbamates (subject to hydrolysis) is 1. The Labute approximate surface area is 181 Å². The lowest BCUT2D eigenvalue weighted by Crippen LogP contribution is -2.43. The molecular weight excluding hydrogens is 402 g/mol. The van der Waals surface area contributed by atoms with Gasteiger partial charge in [0.2, 0.25) is 0 Å². The van der Waals surface area contributed by atoms with E-state index in [4.69, 9.17) is 15.5 Å². The van der Waals surface area contributed by atoms with Gasteiger partial charge in [-0.2, -0.15) is 0 Å². The zero-order valence-electron chi connectivity index (χ0n) is 18.1. The first-order valence-corrected chi connectivity index (χ1v) is 11.0. The van der Waals surface area contributed by atoms with Gasteiger partial charge in [0.25, 0.3) is 0 Å². The maximum atomic E-state index is 12.5. The van der Waals surface area contributed by atoms with Crippen molar-refractivity contribution in [3.05, 3.63) is 29.3 Å². The normalized spacial score (nSPS) is 14.4. The topological polar surface area (TPSA) is 122 Å². The van der Waals surface area contributed by atoms with E-state index in [1.165, 1.54) is 0 Å². The van der Waals surface area contributed by atoms with Crippen LogP contribution in [-0.4, -0.2) is 54.0 Å². The Bertz CT molecular complexity index is 814. The Morgan fingerprint density at radius 1 is 1.33 bits per heavy atom. The summed E-state index contributed by atoms with van der Waals surface area (Å²) in [6.07, 6.45) is 1.44. The minimum atomic E-state index is -0.593. The van der Waals surface area contributed by atoms with Crippen LogP contribution in [0.15, 0.2) is 29.3 Å². The highest BCUT2D eigenvalue weighted by Crippen LogP contribution is 2.33.